The monoisotopic (exact) mass is 368 g/mol. The molecule has 140 valence electrons. The second-order valence-electron chi connectivity index (χ2n) is 7.30. The van der Waals surface area contributed by atoms with Gasteiger partial charge in [-0.15, -0.1) is 0 Å². The molecule has 1 saturated heterocycles. The van der Waals surface area contributed by atoms with Crippen LogP contribution in [-0.4, -0.2) is 49.5 Å². The van der Waals surface area contributed by atoms with Crippen LogP contribution in [0.15, 0.2) is 29.2 Å². The van der Waals surface area contributed by atoms with Gasteiger partial charge in [-0.3, -0.25) is 4.79 Å². The van der Waals surface area contributed by atoms with Crippen LogP contribution >= 0.6 is 0 Å². The van der Waals surface area contributed by atoms with Gasteiger partial charge in [-0.05, 0) is 58.4 Å². The van der Waals surface area contributed by atoms with Crippen molar-refractivity contribution in [2.24, 2.45) is 0 Å². The summed E-state index contributed by atoms with van der Waals surface area (Å²) < 4.78 is 32.7. The van der Waals surface area contributed by atoms with Crippen molar-refractivity contribution in [3.63, 3.8) is 0 Å². The number of sulfonamides is 1. The summed E-state index contributed by atoms with van der Waals surface area (Å²) >= 11 is 0. The summed E-state index contributed by atoms with van der Waals surface area (Å²) in [5.74, 6) is -0.204. The molecule has 0 bridgehead atoms. The Balaban J connectivity index is 2.17. The molecule has 1 aliphatic rings. The van der Waals surface area contributed by atoms with Gasteiger partial charge in [0.15, 0.2) is 0 Å². The zero-order chi connectivity index (χ0) is 18.8. The fraction of sp³-hybridized carbons (Fsp3) is 0.611. The lowest BCUT2D eigenvalue weighted by molar-refractivity contribution is -0.0440. The quantitative estimate of drug-likeness (QED) is 0.866. The van der Waals surface area contributed by atoms with E-state index >= 15 is 0 Å². The SMILES string of the molecule is CCC(C)(C)NC(=O)c1ccc(S(=O)(=O)N2C[C@H](C)O[C@@H](C)C2)cc1. The van der Waals surface area contributed by atoms with Gasteiger partial charge in [-0.1, -0.05) is 6.92 Å². The normalized spacial score (nSPS) is 22.6. The molecule has 25 heavy (non-hydrogen) atoms. The van der Waals surface area contributed by atoms with E-state index in [0.717, 1.165) is 6.42 Å². The van der Waals surface area contributed by atoms with Gasteiger partial charge in [0.1, 0.15) is 0 Å². The van der Waals surface area contributed by atoms with E-state index in [4.69, 9.17) is 4.74 Å². The van der Waals surface area contributed by atoms with Gasteiger partial charge in [0.05, 0.1) is 17.1 Å². The Labute approximate surface area is 150 Å². The number of ether oxygens (including phenoxy) is 1. The first-order valence-electron chi connectivity index (χ1n) is 8.63. The molecule has 0 aliphatic carbocycles. The number of morpholine rings is 1. The Hall–Kier alpha value is -1.44. The highest BCUT2D eigenvalue weighted by Crippen LogP contribution is 2.21. The topological polar surface area (TPSA) is 75.7 Å². The summed E-state index contributed by atoms with van der Waals surface area (Å²) in [6, 6.07) is 6.10. The van der Waals surface area contributed by atoms with E-state index in [0.29, 0.717) is 18.7 Å². The Kier molecular flexibility index (Phi) is 5.91. The van der Waals surface area contributed by atoms with Crippen LogP contribution in [0.2, 0.25) is 0 Å². The van der Waals surface area contributed by atoms with Crippen LogP contribution in [0.5, 0.6) is 0 Å². The van der Waals surface area contributed by atoms with Gasteiger partial charge >= 0.3 is 0 Å². The van der Waals surface area contributed by atoms with Crippen molar-refractivity contribution in [2.75, 3.05) is 13.1 Å². The first kappa shape index (κ1) is 19.9. The lowest BCUT2D eigenvalue weighted by Gasteiger charge is -2.34. The highest BCUT2D eigenvalue weighted by atomic mass is 32.2. The number of carbonyl (C=O) groups is 1. The minimum atomic E-state index is -3.59. The minimum Gasteiger partial charge on any atom is -0.373 e. The molecule has 1 N–H and O–H groups in total. The lowest BCUT2D eigenvalue weighted by atomic mass is 10.0. The predicted molar refractivity (Wildman–Crippen MR) is 97.0 cm³/mol. The molecule has 1 heterocycles. The van der Waals surface area contributed by atoms with Crippen LogP contribution in [0.3, 0.4) is 0 Å². The Morgan fingerprint density at radius 3 is 2.20 bits per heavy atom. The molecular weight excluding hydrogens is 340 g/mol. The largest absolute Gasteiger partial charge is 0.373 e. The molecule has 1 aromatic rings. The van der Waals surface area contributed by atoms with Gasteiger partial charge in [-0.2, -0.15) is 4.31 Å². The number of rotatable bonds is 5. The average molecular weight is 368 g/mol. The molecule has 0 spiro atoms. The number of hydrogen-bond donors (Lipinski definition) is 1. The van der Waals surface area contributed by atoms with E-state index in [9.17, 15) is 13.2 Å². The number of hydrogen-bond acceptors (Lipinski definition) is 4. The fourth-order valence-electron chi connectivity index (χ4n) is 2.72. The molecule has 7 heteroatoms. The van der Waals surface area contributed by atoms with E-state index in [-0.39, 0.29) is 28.5 Å². The van der Waals surface area contributed by atoms with Crippen molar-refractivity contribution in [2.45, 2.75) is 63.7 Å². The van der Waals surface area contributed by atoms with Crippen LogP contribution in [0.4, 0.5) is 0 Å². The van der Waals surface area contributed by atoms with Gasteiger partial charge in [0.2, 0.25) is 10.0 Å². The van der Waals surface area contributed by atoms with Gasteiger partial charge < -0.3 is 10.1 Å². The lowest BCUT2D eigenvalue weighted by Crippen LogP contribution is -2.48. The van der Waals surface area contributed by atoms with Crippen molar-refractivity contribution in [3.8, 4) is 0 Å². The summed E-state index contributed by atoms with van der Waals surface area (Å²) in [5.41, 5.74) is 0.145. The smallest absolute Gasteiger partial charge is 0.251 e. The van der Waals surface area contributed by atoms with Crippen LogP contribution in [0, 0.1) is 0 Å². The molecule has 2 atom stereocenters. The van der Waals surface area contributed by atoms with Crippen LogP contribution in [-0.2, 0) is 14.8 Å². The molecule has 0 radical (unpaired) electrons. The predicted octanol–water partition coefficient (Wildman–Crippen LogP) is 2.40. The molecule has 1 aromatic carbocycles. The second-order valence-corrected chi connectivity index (χ2v) is 9.23. The fourth-order valence-corrected chi connectivity index (χ4v) is 4.31. The Morgan fingerprint density at radius 2 is 1.72 bits per heavy atom. The van der Waals surface area contributed by atoms with Crippen molar-refractivity contribution >= 4 is 15.9 Å². The van der Waals surface area contributed by atoms with E-state index in [2.05, 4.69) is 5.32 Å². The molecule has 0 unspecified atom stereocenters. The molecule has 0 aromatic heterocycles. The van der Waals surface area contributed by atoms with Gasteiger partial charge in [0, 0.05) is 24.2 Å². The Bertz CT molecular complexity index is 703. The molecule has 1 aliphatic heterocycles. The highest BCUT2D eigenvalue weighted by Gasteiger charge is 2.32. The summed E-state index contributed by atoms with van der Waals surface area (Å²) in [7, 11) is -3.59. The molecule has 0 saturated carbocycles. The first-order chi connectivity index (χ1) is 11.5. The van der Waals surface area contributed by atoms with E-state index in [1.807, 2.05) is 34.6 Å². The van der Waals surface area contributed by atoms with Crippen LogP contribution in [0.1, 0.15) is 51.4 Å². The van der Waals surface area contributed by atoms with Crippen molar-refractivity contribution in [1.82, 2.24) is 9.62 Å². The van der Waals surface area contributed by atoms with Crippen molar-refractivity contribution in [1.29, 1.82) is 0 Å². The van der Waals surface area contributed by atoms with E-state index in [1.165, 1.54) is 16.4 Å². The zero-order valence-electron chi connectivity index (χ0n) is 15.6. The van der Waals surface area contributed by atoms with Crippen molar-refractivity contribution in [3.05, 3.63) is 29.8 Å². The van der Waals surface area contributed by atoms with Crippen LogP contribution < -0.4 is 5.32 Å². The number of benzene rings is 1. The standard InChI is InChI=1S/C18H28N2O4S/c1-6-18(4,5)19-17(21)15-7-9-16(10-8-15)25(22,23)20-11-13(2)24-14(3)12-20/h7-10,13-14H,6,11-12H2,1-5H3,(H,19,21)/t13-,14-/m0/s1. The third kappa shape index (κ3) is 4.80. The summed E-state index contributed by atoms with van der Waals surface area (Å²) in [6.45, 7) is 10.3. The summed E-state index contributed by atoms with van der Waals surface area (Å²) in [5, 5.41) is 2.94. The number of nitrogens with one attached hydrogen (secondary N) is 1. The van der Waals surface area contributed by atoms with Gasteiger partial charge in [0.25, 0.3) is 5.91 Å². The molecule has 6 nitrogen and oxygen atoms in total. The molecular formula is C18H28N2O4S. The zero-order valence-corrected chi connectivity index (χ0v) is 16.4. The maximum Gasteiger partial charge on any atom is 0.251 e. The number of carbonyl (C=O) groups excluding carboxylic acids is 1. The van der Waals surface area contributed by atoms with E-state index in [1.54, 1.807) is 12.1 Å². The third-order valence-electron chi connectivity index (χ3n) is 4.48. The number of nitrogens with zero attached hydrogens (tertiary/aromatic N) is 1. The maximum absolute atomic E-state index is 12.8. The van der Waals surface area contributed by atoms with Crippen molar-refractivity contribution < 1.29 is 17.9 Å². The van der Waals surface area contributed by atoms with E-state index < -0.39 is 10.0 Å². The van der Waals surface area contributed by atoms with Crippen LogP contribution in [0.25, 0.3) is 0 Å². The third-order valence-corrected chi connectivity index (χ3v) is 6.32. The highest BCUT2D eigenvalue weighted by molar-refractivity contribution is 7.89. The maximum atomic E-state index is 12.8. The second kappa shape index (κ2) is 7.43. The summed E-state index contributed by atoms with van der Waals surface area (Å²) in [4.78, 5) is 12.5. The Morgan fingerprint density at radius 1 is 1.20 bits per heavy atom. The summed E-state index contributed by atoms with van der Waals surface area (Å²) in [6.07, 6.45) is 0.526. The number of amides is 1. The molecule has 1 fully saturated rings. The average Bonchev–Trinajstić information content (AvgIpc) is 2.53. The molecule has 1 amide bonds. The van der Waals surface area contributed by atoms with Gasteiger partial charge in [-0.25, -0.2) is 8.42 Å². The first-order valence-corrected chi connectivity index (χ1v) is 10.1. The molecule has 2 rings (SSSR count). The minimum absolute atomic E-state index is 0.139.